The van der Waals surface area contributed by atoms with Gasteiger partial charge in [0.25, 0.3) is 5.91 Å². The molecule has 33 heavy (non-hydrogen) atoms. The summed E-state index contributed by atoms with van der Waals surface area (Å²) in [6.45, 7) is 3.09. The number of rotatable bonds is 6. The van der Waals surface area contributed by atoms with Crippen LogP contribution in [0.3, 0.4) is 0 Å². The summed E-state index contributed by atoms with van der Waals surface area (Å²) in [5.41, 5.74) is 6.33. The van der Waals surface area contributed by atoms with E-state index in [1.807, 2.05) is 43.3 Å². The van der Waals surface area contributed by atoms with E-state index in [1.54, 1.807) is 12.1 Å². The first-order chi connectivity index (χ1) is 16.0. The summed E-state index contributed by atoms with van der Waals surface area (Å²) in [5.74, 6) is 0.957. The van der Waals surface area contributed by atoms with Gasteiger partial charge in [0.05, 0.1) is 5.02 Å². The Morgan fingerprint density at radius 2 is 1.85 bits per heavy atom. The Balaban J connectivity index is 1.32. The lowest BCUT2D eigenvalue weighted by molar-refractivity contribution is 0.0706. The van der Waals surface area contributed by atoms with Gasteiger partial charge in [-0.3, -0.25) is 9.59 Å². The third-order valence-electron chi connectivity index (χ3n) is 6.76. The maximum absolute atomic E-state index is 13.0. The van der Waals surface area contributed by atoms with Crippen LogP contribution in [0, 0.1) is 6.92 Å². The van der Waals surface area contributed by atoms with Gasteiger partial charge >= 0.3 is 0 Å². The minimum Gasteiger partial charge on any atom is -0.489 e. The molecule has 168 valence electrons. The molecule has 2 aliphatic rings. The number of amides is 1. The van der Waals surface area contributed by atoms with E-state index in [1.165, 1.54) is 12.8 Å². The van der Waals surface area contributed by atoms with Crippen LogP contribution in [0.4, 0.5) is 0 Å². The molecule has 1 heterocycles. The first-order valence-electron chi connectivity index (χ1n) is 11.4. The van der Waals surface area contributed by atoms with Crippen LogP contribution in [-0.2, 0) is 13.2 Å². The summed E-state index contributed by atoms with van der Waals surface area (Å²) in [7, 11) is 0. The molecule has 0 aromatic heterocycles. The van der Waals surface area contributed by atoms with Crippen molar-refractivity contribution in [2.45, 2.75) is 51.8 Å². The molecule has 1 amide bonds. The van der Waals surface area contributed by atoms with Gasteiger partial charge in [0, 0.05) is 23.7 Å². The predicted molar refractivity (Wildman–Crippen MR) is 130 cm³/mol. The Labute approximate surface area is 199 Å². The van der Waals surface area contributed by atoms with E-state index in [4.69, 9.17) is 16.3 Å². The van der Waals surface area contributed by atoms with Crippen molar-refractivity contribution in [3.63, 3.8) is 0 Å². The second-order valence-corrected chi connectivity index (χ2v) is 9.40. The molecule has 0 radical (unpaired) electrons. The Bertz CT molecular complexity index is 1230. The highest BCUT2D eigenvalue weighted by atomic mass is 35.5. The van der Waals surface area contributed by atoms with Gasteiger partial charge in [0.1, 0.15) is 12.4 Å². The van der Waals surface area contributed by atoms with Gasteiger partial charge in [-0.05, 0) is 77.9 Å². The molecule has 0 bridgehead atoms. The summed E-state index contributed by atoms with van der Waals surface area (Å²) >= 11 is 6.07. The van der Waals surface area contributed by atoms with Crippen LogP contribution in [0.25, 0.3) is 11.1 Å². The number of ether oxygens (including phenoxy) is 1. The number of nitrogens with zero attached hydrogens (tertiary/aromatic N) is 1. The Morgan fingerprint density at radius 3 is 2.64 bits per heavy atom. The monoisotopic (exact) mass is 459 g/mol. The summed E-state index contributed by atoms with van der Waals surface area (Å²) in [4.78, 5) is 26.3. The van der Waals surface area contributed by atoms with Gasteiger partial charge in [-0.15, -0.1) is 0 Å². The molecule has 1 aliphatic carbocycles. The SMILES string of the molecule is Cc1cc(OCc2cccc(-c3ccc(Cl)c(C=O)c3)c2)cc2c1C(=O)N(C1CCCC1)C2. The molecule has 5 heteroatoms. The fraction of sp³-hybridized carbons (Fsp3) is 0.286. The summed E-state index contributed by atoms with van der Waals surface area (Å²) in [5, 5.41) is 0.449. The lowest BCUT2D eigenvalue weighted by atomic mass is 10.0. The zero-order chi connectivity index (χ0) is 22.9. The van der Waals surface area contributed by atoms with Crippen molar-refractivity contribution >= 4 is 23.8 Å². The number of carbonyl (C=O) groups is 2. The van der Waals surface area contributed by atoms with Crippen molar-refractivity contribution in [2.24, 2.45) is 0 Å². The van der Waals surface area contributed by atoms with Gasteiger partial charge < -0.3 is 9.64 Å². The van der Waals surface area contributed by atoms with Gasteiger partial charge in [0.15, 0.2) is 6.29 Å². The van der Waals surface area contributed by atoms with Gasteiger partial charge in [-0.1, -0.05) is 48.7 Å². The van der Waals surface area contributed by atoms with Crippen LogP contribution in [0.1, 0.15) is 63.1 Å². The lowest BCUT2D eigenvalue weighted by Crippen LogP contribution is -2.33. The number of carbonyl (C=O) groups excluding carboxylic acids is 2. The fourth-order valence-electron chi connectivity index (χ4n) is 5.07. The zero-order valence-corrected chi connectivity index (χ0v) is 19.4. The first kappa shape index (κ1) is 21.7. The van der Waals surface area contributed by atoms with Crippen LogP contribution in [0.2, 0.25) is 5.02 Å². The molecular weight excluding hydrogens is 434 g/mol. The summed E-state index contributed by atoms with van der Waals surface area (Å²) in [6.07, 6.45) is 5.42. The second kappa shape index (κ2) is 9.03. The van der Waals surface area contributed by atoms with Gasteiger partial charge in [-0.2, -0.15) is 0 Å². The number of aryl methyl sites for hydroxylation is 1. The van der Waals surface area contributed by atoms with E-state index in [9.17, 15) is 9.59 Å². The molecule has 0 atom stereocenters. The molecule has 3 aromatic carbocycles. The molecule has 0 unspecified atom stereocenters. The Kier molecular flexibility index (Phi) is 5.94. The van der Waals surface area contributed by atoms with Gasteiger partial charge in [0.2, 0.25) is 0 Å². The fourth-order valence-corrected chi connectivity index (χ4v) is 5.23. The van der Waals surface area contributed by atoms with Crippen molar-refractivity contribution in [2.75, 3.05) is 0 Å². The average molecular weight is 460 g/mol. The van der Waals surface area contributed by atoms with E-state index in [-0.39, 0.29) is 5.91 Å². The molecular formula is C28H26ClNO3. The lowest BCUT2D eigenvalue weighted by Gasteiger charge is -2.23. The summed E-state index contributed by atoms with van der Waals surface area (Å²) < 4.78 is 6.14. The smallest absolute Gasteiger partial charge is 0.255 e. The minimum absolute atomic E-state index is 0.173. The second-order valence-electron chi connectivity index (χ2n) is 8.99. The van der Waals surface area contributed by atoms with E-state index >= 15 is 0 Å². The molecule has 0 spiro atoms. The minimum atomic E-state index is 0.173. The van der Waals surface area contributed by atoms with Crippen molar-refractivity contribution in [1.82, 2.24) is 4.90 Å². The highest BCUT2D eigenvalue weighted by Gasteiger charge is 2.35. The van der Waals surface area contributed by atoms with E-state index in [0.717, 1.165) is 58.3 Å². The Morgan fingerprint density at radius 1 is 1.06 bits per heavy atom. The number of halogens is 1. The van der Waals surface area contributed by atoms with Crippen LogP contribution >= 0.6 is 11.6 Å². The van der Waals surface area contributed by atoms with Crippen LogP contribution in [0.5, 0.6) is 5.75 Å². The third kappa shape index (κ3) is 4.28. The Hall–Kier alpha value is -3.11. The maximum Gasteiger partial charge on any atom is 0.255 e. The predicted octanol–water partition coefficient (Wildman–Crippen LogP) is 6.61. The molecule has 1 aliphatic heterocycles. The number of benzene rings is 3. The molecule has 0 saturated heterocycles. The van der Waals surface area contributed by atoms with Crippen molar-refractivity contribution in [3.8, 4) is 16.9 Å². The highest BCUT2D eigenvalue weighted by molar-refractivity contribution is 6.33. The topological polar surface area (TPSA) is 46.6 Å². The quantitative estimate of drug-likeness (QED) is 0.390. The van der Waals surface area contributed by atoms with E-state index < -0.39 is 0 Å². The van der Waals surface area contributed by atoms with Crippen molar-refractivity contribution in [3.05, 3.63) is 87.4 Å². The molecule has 3 aromatic rings. The van der Waals surface area contributed by atoms with Crippen LogP contribution < -0.4 is 4.74 Å². The van der Waals surface area contributed by atoms with Crippen molar-refractivity contribution < 1.29 is 14.3 Å². The highest BCUT2D eigenvalue weighted by Crippen LogP contribution is 2.35. The molecule has 1 saturated carbocycles. The first-order valence-corrected chi connectivity index (χ1v) is 11.8. The standard InChI is InChI=1S/C28H26ClNO3/c1-18-11-25(14-22-15-30(28(32)27(18)22)24-7-2-3-8-24)33-17-19-5-4-6-20(12-19)21-9-10-26(29)23(13-21)16-31/h4-6,9-14,16,24H,2-3,7-8,15,17H2,1H3. The van der Waals surface area contributed by atoms with E-state index in [2.05, 4.69) is 11.0 Å². The number of fused-ring (bicyclic) bond motifs is 1. The molecule has 0 N–H and O–H groups in total. The molecule has 1 fully saturated rings. The zero-order valence-electron chi connectivity index (χ0n) is 18.6. The number of aldehydes is 1. The molecule has 4 nitrogen and oxygen atoms in total. The number of hydrogen-bond donors (Lipinski definition) is 0. The van der Waals surface area contributed by atoms with E-state index in [0.29, 0.717) is 29.8 Å². The average Bonchev–Trinajstić information content (AvgIpc) is 3.46. The normalized spacial score (nSPS) is 15.7. The number of hydrogen-bond acceptors (Lipinski definition) is 3. The largest absolute Gasteiger partial charge is 0.489 e. The van der Waals surface area contributed by atoms with Gasteiger partial charge in [-0.25, -0.2) is 0 Å². The van der Waals surface area contributed by atoms with Crippen LogP contribution in [-0.4, -0.2) is 23.1 Å². The molecule has 5 rings (SSSR count). The van der Waals surface area contributed by atoms with Crippen LogP contribution in [0.15, 0.2) is 54.6 Å². The summed E-state index contributed by atoms with van der Waals surface area (Å²) in [6, 6.07) is 17.9. The maximum atomic E-state index is 13.0. The van der Waals surface area contributed by atoms with Crippen molar-refractivity contribution in [1.29, 1.82) is 0 Å². The third-order valence-corrected chi connectivity index (χ3v) is 7.10.